The number of carbonyl (C=O) groups excluding carboxylic acids is 1. The second-order valence-corrected chi connectivity index (χ2v) is 3.41. The van der Waals surface area contributed by atoms with E-state index in [1.165, 1.54) is 0 Å². The third-order valence-corrected chi connectivity index (χ3v) is 2.62. The van der Waals surface area contributed by atoms with Crippen molar-refractivity contribution in [2.45, 2.75) is 20.8 Å². The smallest absolute Gasteiger partial charge is 0.0453 e. The summed E-state index contributed by atoms with van der Waals surface area (Å²) in [6.07, 6.45) is 0. The van der Waals surface area contributed by atoms with Crippen LogP contribution in [-0.2, 0) is 4.79 Å². The summed E-state index contributed by atoms with van der Waals surface area (Å²) in [5.41, 5.74) is -0.0150. The molecule has 0 N–H and O–H groups in total. The first-order valence-corrected chi connectivity index (χ1v) is 3.18. The molecule has 1 saturated carbocycles. The van der Waals surface area contributed by atoms with Gasteiger partial charge in [0.2, 0.25) is 0 Å². The van der Waals surface area contributed by atoms with Gasteiger partial charge >= 0.3 is 0 Å². The molecular weight excluding hydrogens is 116 g/mol. The first kappa shape index (κ1) is 6.59. The maximum Gasteiger partial charge on any atom is 0.0453 e. The van der Waals surface area contributed by atoms with Gasteiger partial charge in [-0.15, -0.1) is 0 Å². The predicted molar refractivity (Wildman–Crippen MR) is 31.4 cm³/mol. The second-order valence-electron chi connectivity index (χ2n) is 3.41. The van der Waals surface area contributed by atoms with E-state index in [9.17, 15) is 9.90 Å². The van der Waals surface area contributed by atoms with Crippen LogP contribution in [-0.4, -0.2) is 5.97 Å². The van der Waals surface area contributed by atoms with Crippen LogP contribution < -0.4 is 5.11 Å². The molecule has 2 heteroatoms. The van der Waals surface area contributed by atoms with Crippen LogP contribution in [0.2, 0.25) is 0 Å². The number of rotatable bonds is 1. The van der Waals surface area contributed by atoms with E-state index in [-0.39, 0.29) is 11.3 Å². The molecule has 0 spiro atoms. The highest BCUT2D eigenvalue weighted by Gasteiger charge is 2.55. The summed E-state index contributed by atoms with van der Waals surface area (Å²) in [4.78, 5) is 10.3. The molecule has 52 valence electrons. The van der Waals surface area contributed by atoms with Crippen LogP contribution in [0, 0.1) is 17.3 Å². The first-order chi connectivity index (χ1) is 3.98. The van der Waals surface area contributed by atoms with Gasteiger partial charge in [0.05, 0.1) is 0 Å². The van der Waals surface area contributed by atoms with Crippen LogP contribution in [0.25, 0.3) is 0 Å². The zero-order valence-corrected chi connectivity index (χ0v) is 5.97. The van der Waals surface area contributed by atoms with Gasteiger partial charge in [-0.2, -0.15) is 0 Å². The Balaban J connectivity index is 2.62. The lowest BCUT2D eigenvalue weighted by Gasteiger charge is -2.01. The molecular formula is C7H11O2-. The van der Waals surface area contributed by atoms with Gasteiger partial charge in [-0.1, -0.05) is 20.8 Å². The van der Waals surface area contributed by atoms with E-state index in [0.29, 0.717) is 5.92 Å². The molecule has 0 aliphatic heterocycles. The van der Waals surface area contributed by atoms with Gasteiger partial charge in [0.25, 0.3) is 0 Å². The molecule has 1 aliphatic rings. The summed E-state index contributed by atoms with van der Waals surface area (Å²) in [5, 5.41) is 10.3. The highest BCUT2D eigenvalue weighted by Crippen LogP contribution is 2.57. The largest absolute Gasteiger partial charge is 0.550 e. The van der Waals surface area contributed by atoms with Crippen LogP contribution in [0.1, 0.15) is 20.8 Å². The molecule has 0 saturated heterocycles. The normalized spacial score (nSPS) is 38.1. The van der Waals surface area contributed by atoms with E-state index >= 15 is 0 Å². The van der Waals surface area contributed by atoms with Gasteiger partial charge in [0.1, 0.15) is 0 Å². The fourth-order valence-corrected chi connectivity index (χ4v) is 1.40. The van der Waals surface area contributed by atoms with Crippen LogP contribution in [0.5, 0.6) is 0 Å². The summed E-state index contributed by atoms with van der Waals surface area (Å²) in [5.74, 6) is -0.813. The summed E-state index contributed by atoms with van der Waals surface area (Å²) in [6.45, 7) is 5.86. The molecule has 0 bridgehead atoms. The Hall–Kier alpha value is -0.530. The number of carboxylic acids is 1. The molecule has 1 rings (SSSR count). The first-order valence-electron chi connectivity index (χ1n) is 3.18. The minimum absolute atomic E-state index is 0.0150. The number of aliphatic carboxylic acids is 1. The molecule has 0 aromatic heterocycles. The number of carboxylic acid groups (broad SMARTS) is 1. The molecule has 2 unspecified atom stereocenters. The van der Waals surface area contributed by atoms with Crippen molar-refractivity contribution in [1.29, 1.82) is 0 Å². The standard InChI is InChI=1S/C7H12O2/c1-4-5(6(8)9)7(4,2)3/h4-5H,1-3H3,(H,8,9)/p-1. The summed E-state index contributed by atoms with van der Waals surface area (Å²) in [6, 6.07) is 0. The van der Waals surface area contributed by atoms with Crippen molar-refractivity contribution in [3.63, 3.8) is 0 Å². The van der Waals surface area contributed by atoms with E-state index in [2.05, 4.69) is 0 Å². The maximum atomic E-state index is 10.3. The Morgan fingerprint density at radius 1 is 1.56 bits per heavy atom. The molecule has 0 aromatic rings. The van der Waals surface area contributed by atoms with Crippen LogP contribution in [0.3, 0.4) is 0 Å². The van der Waals surface area contributed by atoms with Crippen molar-refractivity contribution < 1.29 is 9.90 Å². The minimum atomic E-state index is -0.896. The zero-order valence-electron chi connectivity index (χ0n) is 5.97. The van der Waals surface area contributed by atoms with Crippen molar-refractivity contribution in [2.75, 3.05) is 0 Å². The van der Waals surface area contributed by atoms with Crippen molar-refractivity contribution in [3.8, 4) is 0 Å². The van der Waals surface area contributed by atoms with Crippen molar-refractivity contribution in [3.05, 3.63) is 0 Å². The Morgan fingerprint density at radius 2 is 1.89 bits per heavy atom. The summed E-state index contributed by atoms with van der Waals surface area (Å²) >= 11 is 0. The van der Waals surface area contributed by atoms with E-state index in [0.717, 1.165) is 0 Å². The van der Waals surface area contributed by atoms with Crippen LogP contribution in [0.4, 0.5) is 0 Å². The van der Waals surface area contributed by atoms with E-state index in [1.807, 2.05) is 20.8 Å². The molecule has 0 heterocycles. The molecule has 9 heavy (non-hydrogen) atoms. The van der Waals surface area contributed by atoms with Crippen molar-refractivity contribution in [2.24, 2.45) is 17.3 Å². The van der Waals surface area contributed by atoms with Gasteiger partial charge in [0, 0.05) is 11.9 Å². The van der Waals surface area contributed by atoms with E-state index < -0.39 is 5.97 Å². The SMILES string of the molecule is CC1C(C(=O)[O-])C1(C)C. The Labute approximate surface area is 54.9 Å². The Morgan fingerprint density at radius 3 is 1.89 bits per heavy atom. The molecule has 1 fully saturated rings. The van der Waals surface area contributed by atoms with Gasteiger partial charge in [-0.3, -0.25) is 0 Å². The average molecular weight is 127 g/mol. The number of carbonyl (C=O) groups is 1. The highest BCUT2D eigenvalue weighted by molar-refractivity contribution is 5.73. The van der Waals surface area contributed by atoms with Gasteiger partial charge < -0.3 is 9.90 Å². The lowest BCUT2D eigenvalue weighted by Crippen LogP contribution is -2.26. The quantitative estimate of drug-likeness (QED) is 0.498. The maximum absolute atomic E-state index is 10.3. The van der Waals surface area contributed by atoms with Crippen LogP contribution >= 0.6 is 0 Å². The van der Waals surface area contributed by atoms with Gasteiger partial charge in [0.15, 0.2) is 0 Å². The zero-order chi connectivity index (χ0) is 7.23. The van der Waals surface area contributed by atoms with Gasteiger partial charge in [-0.05, 0) is 11.3 Å². The molecule has 0 amide bonds. The Kier molecular flexibility index (Phi) is 1.09. The van der Waals surface area contributed by atoms with E-state index in [1.54, 1.807) is 0 Å². The minimum Gasteiger partial charge on any atom is -0.550 e. The molecule has 0 radical (unpaired) electrons. The topological polar surface area (TPSA) is 40.1 Å². The molecule has 2 atom stereocenters. The lowest BCUT2D eigenvalue weighted by atomic mass is 10.1. The summed E-state index contributed by atoms with van der Waals surface area (Å²) < 4.78 is 0. The highest BCUT2D eigenvalue weighted by atomic mass is 16.4. The molecule has 2 nitrogen and oxygen atoms in total. The summed E-state index contributed by atoms with van der Waals surface area (Å²) in [7, 11) is 0. The monoisotopic (exact) mass is 127 g/mol. The number of hydrogen-bond donors (Lipinski definition) is 0. The second kappa shape index (κ2) is 1.49. The Bertz CT molecular complexity index is 149. The predicted octanol–water partition coefficient (Wildman–Crippen LogP) is 0.0284. The average Bonchev–Trinajstić information content (AvgIpc) is 2.07. The molecule has 0 aromatic carbocycles. The lowest BCUT2D eigenvalue weighted by molar-refractivity contribution is -0.309. The van der Waals surface area contributed by atoms with Gasteiger partial charge in [-0.25, -0.2) is 0 Å². The van der Waals surface area contributed by atoms with E-state index in [4.69, 9.17) is 0 Å². The van der Waals surface area contributed by atoms with Crippen molar-refractivity contribution >= 4 is 5.97 Å². The number of hydrogen-bond acceptors (Lipinski definition) is 2. The fourth-order valence-electron chi connectivity index (χ4n) is 1.40. The molecule has 1 aliphatic carbocycles. The third-order valence-electron chi connectivity index (χ3n) is 2.62. The van der Waals surface area contributed by atoms with Crippen molar-refractivity contribution in [1.82, 2.24) is 0 Å². The fraction of sp³-hybridized carbons (Fsp3) is 0.857. The van der Waals surface area contributed by atoms with Crippen LogP contribution in [0.15, 0.2) is 0 Å². The third kappa shape index (κ3) is 0.732.